The monoisotopic (exact) mass is 357 g/mol. The quantitative estimate of drug-likeness (QED) is 0.753. The van der Waals surface area contributed by atoms with Crippen LogP contribution in [0.15, 0.2) is 30.6 Å². The Labute approximate surface area is 148 Å². The molecule has 26 heavy (non-hydrogen) atoms. The number of carbonyl (C=O) groups is 1. The minimum atomic E-state index is -1.09. The molecule has 0 saturated heterocycles. The van der Waals surface area contributed by atoms with E-state index in [0.29, 0.717) is 11.1 Å². The molecule has 1 aliphatic carbocycles. The van der Waals surface area contributed by atoms with Gasteiger partial charge >= 0.3 is 5.97 Å². The van der Waals surface area contributed by atoms with E-state index in [2.05, 4.69) is 10.1 Å². The predicted octanol–water partition coefficient (Wildman–Crippen LogP) is 4.42. The number of halogens is 2. The third kappa shape index (κ3) is 2.73. The molecule has 0 bridgehead atoms. The number of carboxylic acids is 1. The third-order valence-corrected chi connectivity index (χ3v) is 5.02. The summed E-state index contributed by atoms with van der Waals surface area (Å²) in [6.45, 7) is 0. The number of hydrogen-bond donors (Lipinski definition) is 1. The lowest BCUT2D eigenvalue weighted by Crippen LogP contribution is -2.13. The Morgan fingerprint density at radius 2 is 1.88 bits per heavy atom. The molecular formula is C19H17F2N3O2. The largest absolute Gasteiger partial charge is 0.477 e. The van der Waals surface area contributed by atoms with Crippen LogP contribution >= 0.6 is 0 Å². The second-order valence-electron chi connectivity index (χ2n) is 6.62. The summed E-state index contributed by atoms with van der Waals surface area (Å²) in [4.78, 5) is 15.7. The van der Waals surface area contributed by atoms with E-state index in [1.807, 2.05) is 0 Å². The molecule has 5 nitrogen and oxygen atoms in total. The van der Waals surface area contributed by atoms with Gasteiger partial charge in [0, 0.05) is 17.7 Å². The molecule has 7 heteroatoms. The van der Waals surface area contributed by atoms with Crippen LogP contribution in [0.25, 0.3) is 16.8 Å². The molecule has 3 aromatic rings. The zero-order valence-corrected chi connectivity index (χ0v) is 14.0. The lowest BCUT2D eigenvalue weighted by molar-refractivity contribution is 0.0698. The molecule has 2 aromatic heterocycles. The van der Waals surface area contributed by atoms with Gasteiger partial charge in [0.25, 0.3) is 0 Å². The number of fused-ring (bicyclic) bond motifs is 1. The summed E-state index contributed by atoms with van der Waals surface area (Å²) in [6, 6.07) is 3.74. The Balaban J connectivity index is 1.96. The number of nitrogens with zero attached hydrogens (tertiary/aromatic N) is 3. The van der Waals surface area contributed by atoms with Crippen molar-refractivity contribution < 1.29 is 18.7 Å². The topological polar surface area (TPSA) is 67.5 Å². The van der Waals surface area contributed by atoms with Crippen molar-refractivity contribution in [3.05, 3.63) is 53.5 Å². The fourth-order valence-corrected chi connectivity index (χ4v) is 3.75. The molecule has 134 valence electrons. The molecule has 1 fully saturated rings. The maximum Gasteiger partial charge on any atom is 0.341 e. The second kappa shape index (κ2) is 6.48. The van der Waals surface area contributed by atoms with Gasteiger partial charge in [-0.15, -0.1) is 0 Å². The molecule has 0 spiro atoms. The van der Waals surface area contributed by atoms with Gasteiger partial charge in [0.15, 0.2) is 17.3 Å². The van der Waals surface area contributed by atoms with E-state index in [-0.39, 0.29) is 17.1 Å². The first kappa shape index (κ1) is 16.6. The number of aromatic nitrogens is 3. The van der Waals surface area contributed by atoms with E-state index in [4.69, 9.17) is 0 Å². The van der Waals surface area contributed by atoms with Crippen molar-refractivity contribution in [2.24, 2.45) is 0 Å². The SMILES string of the molecule is O=C(O)c1cnn2c(C3CCCCC3)c(-c3ccc(F)c(F)c3)cnc12. The number of hydrogen-bond acceptors (Lipinski definition) is 3. The van der Waals surface area contributed by atoms with Crippen LogP contribution in [0.5, 0.6) is 0 Å². The smallest absolute Gasteiger partial charge is 0.341 e. The van der Waals surface area contributed by atoms with Crippen LogP contribution in [0, 0.1) is 11.6 Å². The Bertz CT molecular complexity index is 994. The Hall–Kier alpha value is -2.83. The predicted molar refractivity (Wildman–Crippen MR) is 91.1 cm³/mol. The van der Waals surface area contributed by atoms with E-state index < -0.39 is 17.6 Å². The highest BCUT2D eigenvalue weighted by molar-refractivity contribution is 5.94. The summed E-state index contributed by atoms with van der Waals surface area (Å²) in [5.74, 6) is -2.76. The lowest BCUT2D eigenvalue weighted by atomic mass is 9.84. The van der Waals surface area contributed by atoms with Gasteiger partial charge in [0.1, 0.15) is 5.56 Å². The lowest BCUT2D eigenvalue weighted by Gasteiger charge is -2.25. The summed E-state index contributed by atoms with van der Waals surface area (Å²) in [5.41, 5.74) is 2.27. The molecule has 0 radical (unpaired) electrons. The zero-order valence-electron chi connectivity index (χ0n) is 14.0. The van der Waals surface area contributed by atoms with E-state index >= 15 is 0 Å². The first-order valence-corrected chi connectivity index (χ1v) is 8.61. The first-order chi connectivity index (χ1) is 12.6. The highest BCUT2D eigenvalue weighted by atomic mass is 19.2. The normalized spacial score (nSPS) is 15.5. The molecule has 1 saturated carbocycles. The van der Waals surface area contributed by atoms with E-state index in [9.17, 15) is 18.7 Å². The average molecular weight is 357 g/mol. The van der Waals surface area contributed by atoms with Crippen molar-refractivity contribution in [3.63, 3.8) is 0 Å². The molecule has 0 aliphatic heterocycles. The second-order valence-corrected chi connectivity index (χ2v) is 6.62. The van der Waals surface area contributed by atoms with Crippen molar-refractivity contribution in [2.45, 2.75) is 38.0 Å². The number of aromatic carboxylic acids is 1. The van der Waals surface area contributed by atoms with Crippen molar-refractivity contribution in [1.29, 1.82) is 0 Å². The summed E-state index contributed by atoms with van der Waals surface area (Å²) < 4.78 is 28.7. The van der Waals surface area contributed by atoms with E-state index in [0.717, 1.165) is 49.9 Å². The van der Waals surface area contributed by atoms with Crippen molar-refractivity contribution >= 4 is 11.6 Å². The van der Waals surface area contributed by atoms with Crippen LogP contribution in [0.4, 0.5) is 8.78 Å². The van der Waals surface area contributed by atoms with Gasteiger partial charge in [-0.1, -0.05) is 25.3 Å². The van der Waals surface area contributed by atoms with Crippen LogP contribution < -0.4 is 0 Å². The highest BCUT2D eigenvalue weighted by Gasteiger charge is 2.25. The van der Waals surface area contributed by atoms with Gasteiger partial charge in [0.05, 0.1) is 11.9 Å². The van der Waals surface area contributed by atoms with Gasteiger partial charge < -0.3 is 5.11 Å². The minimum Gasteiger partial charge on any atom is -0.477 e. The van der Waals surface area contributed by atoms with Gasteiger partial charge in [-0.05, 0) is 30.5 Å². The molecule has 1 aliphatic rings. The Morgan fingerprint density at radius 3 is 2.58 bits per heavy atom. The van der Waals surface area contributed by atoms with Gasteiger partial charge in [-0.3, -0.25) is 0 Å². The summed E-state index contributed by atoms with van der Waals surface area (Å²) in [7, 11) is 0. The summed E-state index contributed by atoms with van der Waals surface area (Å²) in [6.07, 6.45) is 8.00. The molecule has 0 atom stereocenters. The number of benzene rings is 1. The molecule has 0 unspecified atom stereocenters. The number of rotatable bonds is 3. The molecule has 2 heterocycles. The van der Waals surface area contributed by atoms with Crippen LogP contribution in [0.1, 0.15) is 54.1 Å². The highest BCUT2D eigenvalue weighted by Crippen LogP contribution is 2.38. The fourth-order valence-electron chi connectivity index (χ4n) is 3.75. The van der Waals surface area contributed by atoms with Crippen LogP contribution in [-0.4, -0.2) is 25.7 Å². The van der Waals surface area contributed by atoms with Crippen molar-refractivity contribution in [3.8, 4) is 11.1 Å². The molecule has 0 amide bonds. The Kier molecular flexibility index (Phi) is 4.14. The first-order valence-electron chi connectivity index (χ1n) is 8.61. The van der Waals surface area contributed by atoms with Gasteiger partial charge in [-0.25, -0.2) is 23.1 Å². The van der Waals surface area contributed by atoms with E-state index in [1.54, 1.807) is 10.7 Å². The summed E-state index contributed by atoms with van der Waals surface area (Å²) >= 11 is 0. The maximum atomic E-state index is 13.8. The minimum absolute atomic E-state index is 0.0268. The zero-order chi connectivity index (χ0) is 18.3. The van der Waals surface area contributed by atoms with Crippen LogP contribution in [-0.2, 0) is 0 Å². The molecule has 1 aromatic carbocycles. The number of carboxylic acid groups (broad SMARTS) is 1. The summed E-state index contributed by atoms with van der Waals surface area (Å²) in [5, 5.41) is 13.6. The fraction of sp³-hybridized carbons (Fsp3) is 0.316. The van der Waals surface area contributed by atoms with Crippen LogP contribution in [0.3, 0.4) is 0 Å². The van der Waals surface area contributed by atoms with Gasteiger partial charge in [0.2, 0.25) is 0 Å². The van der Waals surface area contributed by atoms with E-state index in [1.165, 1.54) is 12.3 Å². The maximum absolute atomic E-state index is 13.8. The molecule has 4 rings (SSSR count). The average Bonchev–Trinajstić information content (AvgIpc) is 3.08. The van der Waals surface area contributed by atoms with Crippen LogP contribution in [0.2, 0.25) is 0 Å². The van der Waals surface area contributed by atoms with Gasteiger partial charge in [-0.2, -0.15) is 5.10 Å². The Morgan fingerprint density at radius 1 is 1.12 bits per heavy atom. The third-order valence-electron chi connectivity index (χ3n) is 5.02. The molecule has 1 N–H and O–H groups in total. The molecular weight excluding hydrogens is 340 g/mol. The van der Waals surface area contributed by atoms with Crippen molar-refractivity contribution in [1.82, 2.24) is 14.6 Å². The standard InChI is InChI=1S/C19H17F2N3O2/c20-15-7-6-12(8-16(15)21)13-9-22-18-14(19(25)26)10-23-24(18)17(13)11-4-2-1-3-5-11/h6-11H,1-5H2,(H,25,26). The van der Waals surface area contributed by atoms with Crippen molar-refractivity contribution in [2.75, 3.05) is 0 Å².